The van der Waals surface area contributed by atoms with Gasteiger partial charge in [0, 0.05) is 29.2 Å². The van der Waals surface area contributed by atoms with Gasteiger partial charge < -0.3 is 10.4 Å². The minimum absolute atomic E-state index is 0.0229. The van der Waals surface area contributed by atoms with E-state index in [1.807, 2.05) is 12.1 Å². The van der Waals surface area contributed by atoms with Crippen molar-refractivity contribution >= 4 is 34.6 Å². The minimum atomic E-state index is -0.462. The molecular weight excluding hydrogens is 406 g/mol. The third-order valence-electron chi connectivity index (χ3n) is 6.48. The van der Waals surface area contributed by atoms with Crippen LogP contribution in [0.3, 0.4) is 0 Å². The van der Waals surface area contributed by atoms with E-state index in [1.54, 1.807) is 24.3 Å². The van der Waals surface area contributed by atoms with Crippen molar-refractivity contribution in [2.24, 2.45) is 16.3 Å². The van der Waals surface area contributed by atoms with Crippen molar-refractivity contribution in [3.63, 3.8) is 0 Å². The van der Waals surface area contributed by atoms with E-state index >= 15 is 0 Å². The molecule has 2 N–H and O–H groups in total. The summed E-state index contributed by atoms with van der Waals surface area (Å²) in [6.45, 7) is 4.33. The molecule has 32 heavy (non-hydrogen) atoms. The Morgan fingerprint density at radius 3 is 2.66 bits per heavy atom. The number of nitro groups is 1. The number of allylic oxidation sites excluding steroid dienone is 1. The quantitative estimate of drug-likeness (QED) is 0.296. The highest BCUT2D eigenvalue weighted by molar-refractivity contribution is 6.50. The first-order chi connectivity index (χ1) is 15.2. The van der Waals surface area contributed by atoms with Gasteiger partial charge in [-0.25, -0.2) is 4.99 Å². The van der Waals surface area contributed by atoms with Crippen molar-refractivity contribution in [1.29, 1.82) is 0 Å². The molecule has 7 nitrogen and oxygen atoms in total. The summed E-state index contributed by atoms with van der Waals surface area (Å²) < 4.78 is 0. The number of carbonyl (C=O) groups excluding carboxylic acids is 1. The Morgan fingerprint density at radius 2 is 1.94 bits per heavy atom. The number of ketones is 1. The van der Waals surface area contributed by atoms with E-state index in [1.165, 1.54) is 12.1 Å². The Balaban J connectivity index is 1.67. The van der Waals surface area contributed by atoms with Gasteiger partial charge in [-0.2, -0.15) is 0 Å². The van der Waals surface area contributed by atoms with Gasteiger partial charge in [0.25, 0.3) is 5.69 Å². The number of nitro benzene ring substituents is 1. The van der Waals surface area contributed by atoms with Gasteiger partial charge in [-0.3, -0.25) is 14.9 Å². The molecule has 1 saturated carbocycles. The van der Waals surface area contributed by atoms with Gasteiger partial charge in [0.2, 0.25) is 0 Å². The number of hydrogen-bond acceptors (Lipinski definition) is 6. The SMILES string of the molecule is CC1(C)C=C2C(CC1)C(=O)/C(=N\c1ccc([N+](=O)[O-])cc1)C1=Cc3cccc(O)c3NC12. The van der Waals surface area contributed by atoms with Crippen molar-refractivity contribution in [3.05, 3.63) is 75.4 Å². The van der Waals surface area contributed by atoms with Gasteiger partial charge in [0.15, 0.2) is 5.78 Å². The summed E-state index contributed by atoms with van der Waals surface area (Å²) in [5.41, 5.74) is 4.02. The normalized spacial score (nSPS) is 24.4. The topological polar surface area (TPSA) is 105 Å². The first-order valence-corrected chi connectivity index (χ1v) is 10.6. The Kier molecular flexibility index (Phi) is 4.51. The lowest BCUT2D eigenvalue weighted by Crippen LogP contribution is -2.47. The summed E-state index contributed by atoms with van der Waals surface area (Å²) in [6.07, 6.45) is 5.73. The summed E-state index contributed by atoms with van der Waals surface area (Å²) in [5.74, 6) is -0.143. The van der Waals surface area contributed by atoms with Crippen LogP contribution in [0.25, 0.3) is 6.08 Å². The Morgan fingerprint density at radius 1 is 1.19 bits per heavy atom. The molecule has 2 aromatic carbocycles. The average Bonchev–Trinajstić information content (AvgIpc) is 2.76. The molecule has 7 heteroatoms. The first-order valence-electron chi connectivity index (χ1n) is 10.6. The summed E-state index contributed by atoms with van der Waals surface area (Å²) in [7, 11) is 0. The largest absolute Gasteiger partial charge is 0.506 e. The van der Waals surface area contributed by atoms with Crippen LogP contribution in [-0.2, 0) is 4.79 Å². The van der Waals surface area contributed by atoms with E-state index in [-0.39, 0.29) is 34.6 Å². The molecule has 5 rings (SSSR count). The number of anilines is 1. The van der Waals surface area contributed by atoms with Crippen LogP contribution < -0.4 is 5.32 Å². The maximum atomic E-state index is 13.6. The summed E-state index contributed by atoms with van der Waals surface area (Å²) >= 11 is 0. The van der Waals surface area contributed by atoms with E-state index in [9.17, 15) is 20.0 Å². The van der Waals surface area contributed by atoms with Crippen LogP contribution in [-0.4, -0.2) is 27.6 Å². The Hall–Kier alpha value is -3.74. The molecule has 1 heterocycles. The van der Waals surface area contributed by atoms with E-state index in [4.69, 9.17) is 0 Å². The van der Waals surface area contributed by atoms with Crippen molar-refractivity contribution in [2.75, 3.05) is 5.32 Å². The molecule has 2 unspecified atom stereocenters. The highest BCUT2D eigenvalue weighted by atomic mass is 16.6. The molecule has 0 aromatic heterocycles. The second-order valence-corrected chi connectivity index (χ2v) is 9.24. The molecule has 0 bridgehead atoms. The maximum Gasteiger partial charge on any atom is 0.269 e. The van der Waals surface area contributed by atoms with E-state index in [0.717, 1.165) is 29.6 Å². The predicted molar refractivity (Wildman–Crippen MR) is 123 cm³/mol. The third kappa shape index (κ3) is 3.30. The van der Waals surface area contributed by atoms with Crippen LogP contribution >= 0.6 is 0 Å². The number of phenols is 1. The summed E-state index contributed by atoms with van der Waals surface area (Å²) in [6, 6.07) is 10.9. The number of nitrogens with one attached hydrogen (secondary N) is 1. The van der Waals surface area contributed by atoms with Crippen LogP contribution in [0, 0.1) is 21.4 Å². The zero-order chi connectivity index (χ0) is 22.6. The highest BCUT2D eigenvalue weighted by Crippen LogP contribution is 2.47. The number of aromatic hydroxyl groups is 1. The Bertz CT molecular complexity index is 1240. The number of phenolic OH excluding ortho intramolecular Hbond substituents is 1. The molecule has 0 radical (unpaired) electrons. The molecule has 1 fully saturated rings. The van der Waals surface area contributed by atoms with Gasteiger partial charge in [-0.15, -0.1) is 0 Å². The zero-order valence-corrected chi connectivity index (χ0v) is 17.8. The van der Waals surface area contributed by atoms with Crippen LogP contribution in [0.5, 0.6) is 5.75 Å². The van der Waals surface area contributed by atoms with Gasteiger partial charge in [0.1, 0.15) is 11.5 Å². The molecule has 0 spiro atoms. The number of carbonyl (C=O) groups is 1. The lowest BCUT2D eigenvalue weighted by atomic mass is 9.65. The standard InChI is InChI=1S/C25H23N3O4/c1-25(2)11-10-17-19(13-25)22-18(12-14-4-3-5-20(29)21(14)27-22)23(24(17)30)26-15-6-8-16(9-7-15)28(31)32/h3-9,12-13,17,22,27,29H,10-11H2,1-2H3/b26-23-. The van der Waals surface area contributed by atoms with Crippen LogP contribution in [0.15, 0.2) is 64.7 Å². The molecule has 2 aromatic rings. The fraction of sp³-hybridized carbons (Fsp3) is 0.280. The molecule has 1 aliphatic heterocycles. The van der Waals surface area contributed by atoms with Crippen LogP contribution in [0.2, 0.25) is 0 Å². The fourth-order valence-corrected chi connectivity index (χ4v) is 4.85. The van der Waals surface area contributed by atoms with Gasteiger partial charge in [0.05, 0.1) is 22.3 Å². The molecule has 162 valence electrons. The van der Waals surface area contributed by atoms with E-state index in [0.29, 0.717) is 17.1 Å². The molecule has 2 aliphatic carbocycles. The van der Waals surface area contributed by atoms with Gasteiger partial charge in [-0.05, 0) is 48.1 Å². The number of aliphatic imine (C=N–C) groups is 1. The third-order valence-corrected chi connectivity index (χ3v) is 6.48. The molecule has 2 atom stereocenters. The number of para-hydroxylation sites is 1. The number of nitrogens with zero attached hydrogens (tertiary/aromatic N) is 2. The number of non-ortho nitro benzene ring substituents is 1. The molecular formula is C25H23N3O4. The lowest BCUT2D eigenvalue weighted by Gasteiger charge is -2.43. The molecule has 0 saturated heterocycles. The van der Waals surface area contributed by atoms with Crippen molar-refractivity contribution in [3.8, 4) is 5.75 Å². The number of benzene rings is 2. The van der Waals surface area contributed by atoms with Crippen molar-refractivity contribution in [1.82, 2.24) is 0 Å². The van der Waals surface area contributed by atoms with Gasteiger partial charge >= 0.3 is 0 Å². The monoisotopic (exact) mass is 429 g/mol. The Labute approximate surface area is 185 Å². The first kappa shape index (κ1) is 20.2. The minimum Gasteiger partial charge on any atom is -0.506 e. The maximum absolute atomic E-state index is 13.6. The highest BCUT2D eigenvalue weighted by Gasteiger charge is 2.45. The fourth-order valence-electron chi connectivity index (χ4n) is 4.85. The summed E-state index contributed by atoms with van der Waals surface area (Å²) in [5, 5.41) is 24.8. The average molecular weight is 429 g/mol. The van der Waals surface area contributed by atoms with Crippen LogP contribution in [0.4, 0.5) is 17.1 Å². The molecule has 3 aliphatic rings. The smallest absolute Gasteiger partial charge is 0.269 e. The predicted octanol–water partition coefficient (Wildman–Crippen LogP) is 5.20. The van der Waals surface area contributed by atoms with E-state index in [2.05, 4.69) is 30.2 Å². The number of fused-ring (bicyclic) bond motifs is 4. The number of hydrogen-bond donors (Lipinski definition) is 2. The zero-order valence-electron chi connectivity index (χ0n) is 17.8. The number of Topliss-reactive ketones (excluding diaryl/α,β-unsaturated/α-hetero) is 1. The lowest BCUT2D eigenvalue weighted by molar-refractivity contribution is -0.384. The van der Waals surface area contributed by atoms with Crippen LogP contribution in [0.1, 0.15) is 32.3 Å². The van der Waals surface area contributed by atoms with Crippen molar-refractivity contribution in [2.45, 2.75) is 32.7 Å². The molecule has 0 amide bonds. The van der Waals surface area contributed by atoms with E-state index < -0.39 is 4.92 Å². The second kappa shape index (κ2) is 7.15. The second-order valence-electron chi connectivity index (χ2n) is 9.24. The van der Waals surface area contributed by atoms with Gasteiger partial charge in [-0.1, -0.05) is 32.1 Å². The van der Waals surface area contributed by atoms with Crippen molar-refractivity contribution < 1.29 is 14.8 Å². The number of rotatable bonds is 2. The summed E-state index contributed by atoms with van der Waals surface area (Å²) in [4.78, 5) is 28.7.